The molecule has 1 rings (SSSR count). The Balaban J connectivity index is 2.97. The number of non-ortho nitro benzene ring substituents is 1. The van der Waals surface area contributed by atoms with Gasteiger partial charge in [0.1, 0.15) is 0 Å². The predicted octanol–water partition coefficient (Wildman–Crippen LogP) is 1.56. The zero-order valence-electron chi connectivity index (χ0n) is 8.79. The van der Waals surface area contributed by atoms with E-state index >= 15 is 0 Å². The number of aliphatic hydroxyl groups is 2. The normalized spacial score (nSPS) is 12.4. The van der Waals surface area contributed by atoms with Crippen molar-refractivity contribution < 1.29 is 15.1 Å². The lowest BCUT2D eigenvalue weighted by atomic mass is 10.2. The summed E-state index contributed by atoms with van der Waals surface area (Å²) in [5, 5.41) is 28.6. The van der Waals surface area contributed by atoms with E-state index in [9.17, 15) is 10.1 Å². The van der Waals surface area contributed by atoms with Gasteiger partial charge in [0, 0.05) is 22.3 Å². The summed E-state index contributed by atoms with van der Waals surface area (Å²) < 4.78 is 0. The molecule has 1 atom stereocenters. The number of benzene rings is 1. The van der Waals surface area contributed by atoms with Gasteiger partial charge in [-0.05, 0) is 11.6 Å². The van der Waals surface area contributed by atoms with Crippen LogP contribution in [0.4, 0.5) is 5.69 Å². The number of rotatable bonds is 5. The standard InChI is InChI=1S/C10H13NO4S/c1-7(5-12)16-10-3-2-9(11(14)15)4-8(10)6-13/h2-4,7,12-13H,5-6H2,1H3. The van der Waals surface area contributed by atoms with Crippen molar-refractivity contribution in [1.82, 2.24) is 0 Å². The molecule has 0 aliphatic rings. The molecule has 2 N–H and O–H groups in total. The van der Waals surface area contributed by atoms with Gasteiger partial charge in [-0.3, -0.25) is 10.1 Å². The molecular weight excluding hydrogens is 230 g/mol. The van der Waals surface area contributed by atoms with E-state index in [0.717, 1.165) is 4.90 Å². The first kappa shape index (κ1) is 13.0. The monoisotopic (exact) mass is 243 g/mol. The van der Waals surface area contributed by atoms with Crippen LogP contribution in [-0.4, -0.2) is 27.0 Å². The largest absolute Gasteiger partial charge is 0.395 e. The molecule has 88 valence electrons. The molecule has 1 aromatic rings. The van der Waals surface area contributed by atoms with Crippen LogP contribution in [0.25, 0.3) is 0 Å². The first-order valence-electron chi connectivity index (χ1n) is 4.74. The second-order valence-corrected chi connectivity index (χ2v) is 4.80. The second-order valence-electron chi connectivity index (χ2n) is 3.32. The highest BCUT2D eigenvalue weighted by molar-refractivity contribution is 8.00. The maximum absolute atomic E-state index is 10.5. The van der Waals surface area contributed by atoms with E-state index in [1.54, 1.807) is 6.07 Å². The number of nitrogens with zero attached hydrogens (tertiary/aromatic N) is 1. The van der Waals surface area contributed by atoms with Crippen LogP contribution in [-0.2, 0) is 6.61 Å². The Morgan fingerprint density at radius 3 is 2.69 bits per heavy atom. The molecule has 6 heteroatoms. The van der Waals surface area contributed by atoms with Crippen LogP contribution in [0.3, 0.4) is 0 Å². The van der Waals surface area contributed by atoms with Crippen LogP contribution >= 0.6 is 11.8 Å². The summed E-state index contributed by atoms with van der Waals surface area (Å²) in [7, 11) is 0. The Bertz CT molecular complexity index is 383. The van der Waals surface area contributed by atoms with Crippen molar-refractivity contribution in [1.29, 1.82) is 0 Å². The SMILES string of the molecule is CC(CO)Sc1ccc([N+](=O)[O-])cc1CO. The van der Waals surface area contributed by atoms with E-state index in [2.05, 4.69) is 0 Å². The zero-order valence-corrected chi connectivity index (χ0v) is 9.61. The molecule has 0 aromatic heterocycles. The smallest absolute Gasteiger partial charge is 0.269 e. The fourth-order valence-corrected chi connectivity index (χ4v) is 2.10. The van der Waals surface area contributed by atoms with Crippen molar-refractivity contribution in [2.75, 3.05) is 6.61 Å². The molecule has 0 radical (unpaired) electrons. The highest BCUT2D eigenvalue weighted by Crippen LogP contribution is 2.29. The first-order chi connectivity index (χ1) is 7.58. The Labute approximate surface area is 97.3 Å². The number of nitro groups is 1. The van der Waals surface area contributed by atoms with E-state index in [4.69, 9.17) is 10.2 Å². The summed E-state index contributed by atoms with van der Waals surface area (Å²) in [5.41, 5.74) is 0.476. The minimum Gasteiger partial charge on any atom is -0.395 e. The second kappa shape index (κ2) is 5.83. The van der Waals surface area contributed by atoms with Crippen LogP contribution in [0.15, 0.2) is 23.1 Å². The molecule has 1 aromatic carbocycles. The van der Waals surface area contributed by atoms with Gasteiger partial charge >= 0.3 is 0 Å². The van der Waals surface area contributed by atoms with Crippen LogP contribution in [0.1, 0.15) is 12.5 Å². The highest BCUT2D eigenvalue weighted by atomic mass is 32.2. The Hall–Kier alpha value is -1.11. The number of hydrogen-bond donors (Lipinski definition) is 2. The van der Waals surface area contributed by atoms with E-state index in [1.807, 2.05) is 6.92 Å². The molecule has 0 heterocycles. The molecule has 1 unspecified atom stereocenters. The van der Waals surface area contributed by atoms with E-state index < -0.39 is 4.92 Å². The van der Waals surface area contributed by atoms with Gasteiger partial charge in [-0.2, -0.15) is 0 Å². The third kappa shape index (κ3) is 3.19. The fraction of sp³-hybridized carbons (Fsp3) is 0.400. The molecular formula is C10H13NO4S. The van der Waals surface area contributed by atoms with Crippen molar-refractivity contribution in [2.24, 2.45) is 0 Å². The first-order valence-corrected chi connectivity index (χ1v) is 5.62. The number of nitro benzene ring substituents is 1. The summed E-state index contributed by atoms with van der Waals surface area (Å²) in [6.45, 7) is 1.61. The number of thioether (sulfide) groups is 1. The molecule has 0 amide bonds. The Morgan fingerprint density at radius 2 is 2.19 bits per heavy atom. The summed E-state index contributed by atoms with van der Waals surface area (Å²) in [4.78, 5) is 10.8. The van der Waals surface area contributed by atoms with Gasteiger partial charge in [0.25, 0.3) is 5.69 Å². The van der Waals surface area contributed by atoms with Gasteiger partial charge in [-0.1, -0.05) is 6.92 Å². The quantitative estimate of drug-likeness (QED) is 0.466. The number of aliphatic hydroxyl groups excluding tert-OH is 2. The molecule has 5 nitrogen and oxygen atoms in total. The van der Waals surface area contributed by atoms with Crippen molar-refractivity contribution in [2.45, 2.75) is 23.7 Å². The predicted molar refractivity (Wildman–Crippen MR) is 61.4 cm³/mol. The molecule has 0 bridgehead atoms. The average molecular weight is 243 g/mol. The lowest BCUT2D eigenvalue weighted by Crippen LogP contribution is -2.03. The third-order valence-corrected chi connectivity index (χ3v) is 3.21. The van der Waals surface area contributed by atoms with Gasteiger partial charge in [0.15, 0.2) is 0 Å². The Kier molecular flexibility index (Phi) is 4.72. The molecule has 0 saturated heterocycles. The summed E-state index contributed by atoms with van der Waals surface area (Å²) in [6, 6.07) is 4.35. The van der Waals surface area contributed by atoms with Crippen molar-refractivity contribution in [3.8, 4) is 0 Å². The van der Waals surface area contributed by atoms with E-state index in [1.165, 1.54) is 23.9 Å². The highest BCUT2D eigenvalue weighted by Gasteiger charge is 2.12. The van der Waals surface area contributed by atoms with Gasteiger partial charge in [0.2, 0.25) is 0 Å². The topological polar surface area (TPSA) is 83.6 Å². The molecule has 0 aliphatic heterocycles. The van der Waals surface area contributed by atoms with Crippen LogP contribution in [0, 0.1) is 10.1 Å². The lowest BCUT2D eigenvalue weighted by molar-refractivity contribution is -0.385. The van der Waals surface area contributed by atoms with Crippen molar-refractivity contribution in [3.05, 3.63) is 33.9 Å². The summed E-state index contributed by atoms with van der Waals surface area (Å²) in [5.74, 6) is 0. The molecule has 0 saturated carbocycles. The minimum absolute atomic E-state index is 0.00763. The van der Waals surface area contributed by atoms with Gasteiger partial charge in [-0.25, -0.2) is 0 Å². The molecule has 0 aliphatic carbocycles. The molecule has 0 spiro atoms. The van der Waals surface area contributed by atoms with Crippen molar-refractivity contribution in [3.63, 3.8) is 0 Å². The maximum Gasteiger partial charge on any atom is 0.269 e. The van der Waals surface area contributed by atoms with Gasteiger partial charge in [0.05, 0.1) is 18.1 Å². The Morgan fingerprint density at radius 1 is 1.50 bits per heavy atom. The van der Waals surface area contributed by atoms with Crippen LogP contribution < -0.4 is 0 Å². The van der Waals surface area contributed by atoms with Crippen LogP contribution in [0.2, 0.25) is 0 Å². The third-order valence-electron chi connectivity index (χ3n) is 2.01. The maximum atomic E-state index is 10.5. The van der Waals surface area contributed by atoms with Gasteiger partial charge < -0.3 is 10.2 Å². The average Bonchev–Trinajstić information content (AvgIpc) is 2.29. The van der Waals surface area contributed by atoms with Crippen LogP contribution in [0.5, 0.6) is 0 Å². The molecule has 0 fully saturated rings. The zero-order chi connectivity index (χ0) is 12.1. The van der Waals surface area contributed by atoms with Crippen molar-refractivity contribution >= 4 is 17.4 Å². The minimum atomic E-state index is -0.497. The molecule has 16 heavy (non-hydrogen) atoms. The number of hydrogen-bond acceptors (Lipinski definition) is 5. The fourth-order valence-electron chi connectivity index (χ4n) is 1.17. The summed E-state index contributed by atoms with van der Waals surface area (Å²) in [6.07, 6.45) is 0. The van der Waals surface area contributed by atoms with E-state index in [-0.39, 0.29) is 24.2 Å². The summed E-state index contributed by atoms with van der Waals surface area (Å²) >= 11 is 1.38. The van der Waals surface area contributed by atoms with Gasteiger partial charge in [-0.15, -0.1) is 11.8 Å². The van der Waals surface area contributed by atoms with E-state index in [0.29, 0.717) is 5.56 Å². The lowest BCUT2D eigenvalue weighted by Gasteiger charge is -2.10.